The van der Waals surface area contributed by atoms with Crippen LogP contribution in [0.15, 0.2) is 18.2 Å². The van der Waals surface area contributed by atoms with Gasteiger partial charge in [0.05, 0.1) is 13.5 Å². The Morgan fingerprint density at radius 3 is 2.67 bits per heavy atom. The Balaban J connectivity index is 2.87. The lowest BCUT2D eigenvalue weighted by Crippen LogP contribution is -2.30. The molecule has 1 aromatic rings. The van der Waals surface area contributed by atoms with Crippen molar-refractivity contribution in [1.29, 1.82) is 0 Å². The van der Waals surface area contributed by atoms with Gasteiger partial charge in [0, 0.05) is 10.5 Å². The molecule has 0 heterocycles. The van der Waals surface area contributed by atoms with E-state index in [0.29, 0.717) is 5.56 Å². The quantitative estimate of drug-likeness (QED) is 0.552. The summed E-state index contributed by atoms with van der Waals surface area (Å²) in [5.74, 6) is -0.372. The van der Waals surface area contributed by atoms with Crippen molar-refractivity contribution < 1.29 is 19.6 Å². The molecular formula is C9H10BClO4. The monoisotopic (exact) mass is 228 g/mol. The Morgan fingerprint density at radius 1 is 1.53 bits per heavy atom. The lowest BCUT2D eigenvalue weighted by Gasteiger charge is -2.05. The van der Waals surface area contributed by atoms with Crippen LogP contribution in [-0.4, -0.2) is 30.2 Å². The first-order chi connectivity index (χ1) is 7.04. The molecule has 0 saturated carbocycles. The molecule has 0 saturated heterocycles. The molecule has 0 spiro atoms. The second-order valence-electron chi connectivity index (χ2n) is 2.98. The van der Waals surface area contributed by atoms with E-state index in [1.54, 1.807) is 6.07 Å². The number of methoxy groups -OCH3 is 1. The maximum absolute atomic E-state index is 10.9. The standard InChI is InChI=1S/C9H10BClO4/c1-15-9(12)5-6-2-3-7(10(13)14)8(11)4-6/h2-4,13-14H,5H2,1H3. The molecule has 0 radical (unpaired) electrons. The summed E-state index contributed by atoms with van der Waals surface area (Å²) in [4.78, 5) is 10.9. The van der Waals surface area contributed by atoms with Crippen LogP contribution >= 0.6 is 11.6 Å². The number of carbonyl (C=O) groups excluding carboxylic acids is 1. The van der Waals surface area contributed by atoms with Gasteiger partial charge in [-0.1, -0.05) is 23.7 Å². The Labute approximate surface area is 92.6 Å². The number of esters is 1. The molecule has 0 fully saturated rings. The van der Waals surface area contributed by atoms with Gasteiger partial charge >= 0.3 is 13.1 Å². The van der Waals surface area contributed by atoms with E-state index in [-0.39, 0.29) is 22.9 Å². The predicted molar refractivity (Wildman–Crippen MR) is 57.0 cm³/mol. The highest BCUT2D eigenvalue weighted by molar-refractivity contribution is 6.62. The normalized spacial score (nSPS) is 9.87. The molecule has 80 valence electrons. The zero-order chi connectivity index (χ0) is 11.4. The summed E-state index contributed by atoms with van der Waals surface area (Å²) in [5, 5.41) is 18.0. The molecular weight excluding hydrogens is 218 g/mol. The van der Waals surface area contributed by atoms with Gasteiger partial charge in [-0.05, 0) is 11.6 Å². The molecule has 1 aromatic carbocycles. The third kappa shape index (κ3) is 3.23. The van der Waals surface area contributed by atoms with Crippen molar-refractivity contribution in [3.63, 3.8) is 0 Å². The first-order valence-corrected chi connectivity index (χ1v) is 4.63. The van der Waals surface area contributed by atoms with Crippen LogP contribution in [-0.2, 0) is 16.0 Å². The molecule has 1 rings (SSSR count). The van der Waals surface area contributed by atoms with Gasteiger partial charge in [-0.3, -0.25) is 4.79 Å². The van der Waals surface area contributed by atoms with Crippen molar-refractivity contribution >= 4 is 30.2 Å². The maximum Gasteiger partial charge on any atom is 0.489 e. The van der Waals surface area contributed by atoms with Crippen molar-refractivity contribution in [3.05, 3.63) is 28.8 Å². The number of ether oxygens (including phenoxy) is 1. The van der Waals surface area contributed by atoms with Crippen LogP contribution in [0.5, 0.6) is 0 Å². The molecule has 0 amide bonds. The molecule has 0 aromatic heterocycles. The van der Waals surface area contributed by atoms with Gasteiger partial charge in [-0.15, -0.1) is 0 Å². The number of hydrogen-bond acceptors (Lipinski definition) is 4. The van der Waals surface area contributed by atoms with E-state index in [2.05, 4.69) is 4.74 Å². The molecule has 15 heavy (non-hydrogen) atoms. The smallest absolute Gasteiger partial charge is 0.469 e. The number of carbonyl (C=O) groups is 1. The molecule has 0 bridgehead atoms. The topological polar surface area (TPSA) is 66.8 Å². The Morgan fingerprint density at radius 2 is 2.20 bits per heavy atom. The minimum Gasteiger partial charge on any atom is -0.469 e. The van der Waals surface area contributed by atoms with E-state index in [4.69, 9.17) is 21.6 Å². The summed E-state index contributed by atoms with van der Waals surface area (Å²) in [6.45, 7) is 0. The van der Waals surface area contributed by atoms with Gasteiger partial charge in [0.1, 0.15) is 0 Å². The summed E-state index contributed by atoms with van der Waals surface area (Å²) in [6, 6.07) is 4.57. The second kappa shape index (κ2) is 5.16. The molecule has 0 unspecified atom stereocenters. The van der Waals surface area contributed by atoms with E-state index < -0.39 is 7.12 Å². The average molecular weight is 228 g/mol. The molecule has 0 aliphatic carbocycles. The highest BCUT2D eigenvalue weighted by Gasteiger charge is 2.15. The third-order valence-corrected chi connectivity index (χ3v) is 2.25. The second-order valence-corrected chi connectivity index (χ2v) is 3.39. The van der Waals surface area contributed by atoms with E-state index in [0.717, 1.165) is 0 Å². The number of hydrogen-bond donors (Lipinski definition) is 2. The Bertz CT molecular complexity index is 367. The first kappa shape index (κ1) is 12.0. The van der Waals surface area contributed by atoms with Crippen molar-refractivity contribution in [2.45, 2.75) is 6.42 Å². The van der Waals surface area contributed by atoms with Crippen LogP contribution in [0, 0.1) is 0 Å². The zero-order valence-corrected chi connectivity index (χ0v) is 8.86. The maximum atomic E-state index is 10.9. The lowest BCUT2D eigenvalue weighted by molar-refractivity contribution is -0.139. The van der Waals surface area contributed by atoms with Crippen LogP contribution < -0.4 is 5.46 Å². The highest BCUT2D eigenvalue weighted by Crippen LogP contribution is 2.10. The summed E-state index contributed by atoms with van der Waals surface area (Å²) in [5.41, 5.74) is 0.876. The predicted octanol–water partition coefficient (Wildman–Crippen LogP) is -0.265. The van der Waals surface area contributed by atoms with Crippen molar-refractivity contribution in [3.8, 4) is 0 Å². The number of rotatable bonds is 3. The molecule has 2 N–H and O–H groups in total. The first-order valence-electron chi connectivity index (χ1n) is 4.26. The SMILES string of the molecule is COC(=O)Cc1ccc(B(O)O)c(Cl)c1. The molecule has 0 aliphatic heterocycles. The van der Waals surface area contributed by atoms with Gasteiger partial charge in [-0.2, -0.15) is 0 Å². The molecule has 6 heteroatoms. The van der Waals surface area contributed by atoms with Crippen LogP contribution in [0.1, 0.15) is 5.56 Å². The van der Waals surface area contributed by atoms with Crippen LogP contribution in [0.3, 0.4) is 0 Å². The van der Waals surface area contributed by atoms with E-state index in [1.165, 1.54) is 19.2 Å². The highest BCUT2D eigenvalue weighted by atomic mass is 35.5. The minimum absolute atomic E-state index is 0.109. The lowest BCUT2D eigenvalue weighted by atomic mass is 9.80. The van der Waals surface area contributed by atoms with Gasteiger partial charge in [0.2, 0.25) is 0 Å². The van der Waals surface area contributed by atoms with Crippen molar-refractivity contribution in [2.24, 2.45) is 0 Å². The van der Waals surface area contributed by atoms with E-state index >= 15 is 0 Å². The average Bonchev–Trinajstić information content (AvgIpc) is 2.17. The Kier molecular flexibility index (Phi) is 4.14. The summed E-state index contributed by atoms with van der Waals surface area (Å²) < 4.78 is 4.49. The van der Waals surface area contributed by atoms with Gasteiger partial charge in [0.15, 0.2) is 0 Å². The Hall–Kier alpha value is -1.04. The van der Waals surface area contributed by atoms with E-state index in [9.17, 15) is 4.79 Å². The fourth-order valence-corrected chi connectivity index (χ4v) is 1.43. The third-order valence-electron chi connectivity index (χ3n) is 1.92. The number of benzene rings is 1. The molecule has 0 atom stereocenters. The number of halogens is 1. The minimum atomic E-state index is -1.61. The molecule has 0 aliphatic rings. The molecule has 4 nitrogen and oxygen atoms in total. The zero-order valence-electron chi connectivity index (χ0n) is 8.11. The van der Waals surface area contributed by atoms with Crippen molar-refractivity contribution in [2.75, 3.05) is 7.11 Å². The van der Waals surface area contributed by atoms with Crippen molar-refractivity contribution in [1.82, 2.24) is 0 Å². The van der Waals surface area contributed by atoms with E-state index in [1.807, 2.05) is 0 Å². The van der Waals surface area contributed by atoms with Crippen LogP contribution in [0.2, 0.25) is 5.02 Å². The summed E-state index contributed by atoms with van der Waals surface area (Å²) in [6.07, 6.45) is 0.109. The van der Waals surface area contributed by atoms with Gasteiger partial charge < -0.3 is 14.8 Å². The fourth-order valence-electron chi connectivity index (χ4n) is 1.13. The summed E-state index contributed by atoms with van der Waals surface area (Å²) >= 11 is 5.78. The van der Waals surface area contributed by atoms with Crippen LogP contribution in [0.25, 0.3) is 0 Å². The largest absolute Gasteiger partial charge is 0.489 e. The fraction of sp³-hybridized carbons (Fsp3) is 0.222. The van der Waals surface area contributed by atoms with Gasteiger partial charge in [0.25, 0.3) is 0 Å². The van der Waals surface area contributed by atoms with Crippen LogP contribution in [0.4, 0.5) is 0 Å². The summed E-state index contributed by atoms with van der Waals surface area (Å²) in [7, 11) is -0.305. The van der Waals surface area contributed by atoms with Gasteiger partial charge in [-0.25, -0.2) is 0 Å².